The summed E-state index contributed by atoms with van der Waals surface area (Å²) in [6, 6.07) is 3.64. The van der Waals surface area contributed by atoms with Gasteiger partial charge in [-0.3, -0.25) is 4.98 Å². The second-order valence-corrected chi connectivity index (χ2v) is 6.58. The Balaban J connectivity index is 2.67. The second kappa shape index (κ2) is 6.33. The smallest absolute Gasteiger partial charge is 0.214 e. The fourth-order valence-corrected chi connectivity index (χ4v) is 3.05. The Morgan fingerprint density at radius 3 is 2.76 bits per heavy atom. The van der Waals surface area contributed by atoms with Gasteiger partial charge in [-0.1, -0.05) is 13.0 Å². The van der Waals surface area contributed by atoms with E-state index in [1.54, 1.807) is 25.5 Å². The fraction of sp³-hybridized carbons (Fsp3) is 0.545. The zero-order chi connectivity index (χ0) is 12.9. The third kappa shape index (κ3) is 4.61. The van der Waals surface area contributed by atoms with Gasteiger partial charge in [-0.05, 0) is 17.5 Å². The standard InChI is InChI=1S/C11H17ClN2O2S/c1-10(6-12)9-17(15,16)14(2)8-11-4-3-5-13-7-11/h3-5,7,10H,6,8-9H2,1-2H3. The Morgan fingerprint density at radius 1 is 1.53 bits per heavy atom. The van der Waals surface area contributed by atoms with Crippen LogP contribution in [-0.2, 0) is 16.6 Å². The summed E-state index contributed by atoms with van der Waals surface area (Å²) in [6.45, 7) is 2.16. The maximum atomic E-state index is 12.0. The molecule has 0 fully saturated rings. The van der Waals surface area contributed by atoms with Crippen molar-refractivity contribution < 1.29 is 8.42 Å². The van der Waals surface area contributed by atoms with Crippen molar-refractivity contribution in [3.63, 3.8) is 0 Å². The molecule has 96 valence electrons. The number of pyridine rings is 1. The van der Waals surface area contributed by atoms with Crippen LogP contribution in [0.5, 0.6) is 0 Å². The minimum atomic E-state index is -3.25. The number of rotatable bonds is 6. The van der Waals surface area contributed by atoms with Gasteiger partial charge in [0.15, 0.2) is 0 Å². The zero-order valence-electron chi connectivity index (χ0n) is 10.0. The van der Waals surface area contributed by atoms with Gasteiger partial charge in [-0.15, -0.1) is 11.6 Å². The van der Waals surface area contributed by atoms with E-state index in [4.69, 9.17) is 11.6 Å². The van der Waals surface area contributed by atoms with E-state index in [0.29, 0.717) is 12.4 Å². The normalized spacial score (nSPS) is 13.9. The van der Waals surface area contributed by atoms with Crippen molar-refractivity contribution in [3.05, 3.63) is 30.1 Å². The summed E-state index contributed by atoms with van der Waals surface area (Å²) in [5, 5.41) is 0. The van der Waals surface area contributed by atoms with Crippen LogP contribution in [0.1, 0.15) is 12.5 Å². The molecule has 0 saturated carbocycles. The minimum Gasteiger partial charge on any atom is -0.264 e. The molecule has 17 heavy (non-hydrogen) atoms. The summed E-state index contributed by atoms with van der Waals surface area (Å²) in [5.41, 5.74) is 0.872. The van der Waals surface area contributed by atoms with E-state index in [2.05, 4.69) is 4.98 Å². The summed E-state index contributed by atoms with van der Waals surface area (Å²) < 4.78 is 25.2. The zero-order valence-corrected chi connectivity index (χ0v) is 11.6. The average Bonchev–Trinajstić information content (AvgIpc) is 2.29. The Hall–Kier alpha value is -0.650. The highest BCUT2D eigenvalue weighted by Crippen LogP contribution is 2.10. The number of nitrogens with zero attached hydrogens (tertiary/aromatic N) is 2. The molecule has 1 heterocycles. The number of aromatic nitrogens is 1. The van der Waals surface area contributed by atoms with E-state index in [-0.39, 0.29) is 11.7 Å². The number of hydrogen-bond donors (Lipinski definition) is 0. The van der Waals surface area contributed by atoms with E-state index in [9.17, 15) is 8.42 Å². The van der Waals surface area contributed by atoms with Crippen molar-refractivity contribution in [1.82, 2.24) is 9.29 Å². The monoisotopic (exact) mass is 276 g/mol. The molecule has 0 radical (unpaired) electrons. The van der Waals surface area contributed by atoms with Gasteiger partial charge in [-0.25, -0.2) is 12.7 Å². The van der Waals surface area contributed by atoms with Gasteiger partial charge in [0.05, 0.1) is 5.75 Å². The molecule has 0 saturated heterocycles. The van der Waals surface area contributed by atoms with E-state index in [1.165, 1.54) is 4.31 Å². The molecular weight excluding hydrogens is 260 g/mol. The van der Waals surface area contributed by atoms with Gasteiger partial charge in [-0.2, -0.15) is 0 Å². The summed E-state index contributed by atoms with van der Waals surface area (Å²) in [4.78, 5) is 3.95. The van der Waals surface area contributed by atoms with Crippen LogP contribution in [0.25, 0.3) is 0 Å². The molecule has 1 aromatic heterocycles. The Morgan fingerprint density at radius 2 is 2.24 bits per heavy atom. The third-order valence-corrected chi connectivity index (χ3v) is 4.96. The lowest BCUT2D eigenvalue weighted by Crippen LogP contribution is -2.31. The fourth-order valence-electron chi connectivity index (χ4n) is 1.38. The summed E-state index contributed by atoms with van der Waals surface area (Å²) in [7, 11) is -1.68. The predicted molar refractivity (Wildman–Crippen MR) is 69.4 cm³/mol. The molecule has 1 atom stereocenters. The predicted octanol–water partition coefficient (Wildman–Crippen LogP) is 1.72. The number of sulfonamides is 1. The van der Waals surface area contributed by atoms with Crippen LogP contribution in [0.4, 0.5) is 0 Å². The highest BCUT2D eigenvalue weighted by molar-refractivity contribution is 7.89. The maximum Gasteiger partial charge on any atom is 0.214 e. The van der Waals surface area contributed by atoms with Crippen LogP contribution in [0.2, 0.25) is 0 Å². The van der Waals surface area contributed by atoms with Crippen molar-refractivity contribution in [1.29, 1.82) is 0 Å². The van der Waals surface area contributed by atoms with Crippen LogP contribution < -0.4 is 0 Å². The molecule has 4 nitrogen and oxygen atoms in total. The summed E-state index contributed by atoms with van der Waals surface area (Å²) in [5.74, 6) is 0.380. The number of hydrogen-bond acceptors (Lipinski definition) is 3. The van der Waals surface area contributed by atoms with Gasteiger partial charge < -0.3 is 0 Å². The molecule has 0 aliphatic heterocycles. The van der Waals surface area contributed by atoms with Gasteiger partial charge in [0.25, 0.3) is 0 Å². The van der Waals surface area contributed by atoms with Crippen molar-refractivity contribution >= 4 is 21.6 Å². The van der Waals surface area contributed by atoms with Crippen LogP contribution in [-0.4, -0.2) is 36.4 Å². The molecule has 0 bridgehead atoms. The summed E-state index contributed by atoms with van der Waals surface area (Å²) in [6.07, 6.45) is 3.32. The molecule has 1 aromatic rings. The van der Waals surface area contributed by atoms with Crippen molar-refractivity contribution in [2.24, 2.45) is 5.92 Å². The van der Waals surface area contributed by atoms with Gasteiger partial charge in [0, 0.05) is 31.9 Å². The van der Waals surface area contributed by atoms with E-state index in [0.717, 1.165) is 5.56 Å². The Kier molecular flexibility index (Phi) is 5.36. The number of halogens is 1. The maximum absolute atomic E-state index is 12.0. The third-order valence-electron chi connectivity index (χ3n) is 2.36. The van der Waals surface area contributed by atoms with Gasteiger partial charge in [0.2, 0.25) is 10.0 Å². The van der Waals surface area contributed by atoms with E-state index in [1.807, 2.05) is 13.0 Å². The first-order chi connectivity index (χ1) is 7.95. The van der Waals surface area contributed by atoms with E-state index >= 15 is 0 Å². The highest BCUT2D eigenvalue weighted by Gasteiger charge is 2.20. The average molecular weight is 277 g/mol. The first-order valence-corrected chi connectivity index (χ1v) is 7.49. The largest absolute Gasteiger partial charge is 0.264 e. The Labute approximate surface area is 108 Å². The lowest BCUT2D eigenvalue weighted by Gasteiger charge is -2.18. The Bertz CT molecular complexity index is 436. The molecule has 0 spiro atoms. The SMILES string of the molecule is CC(CCl)CS(=O)(=O)N(C)Cc1cccnc1. The van der Waals surface area contributed by atoms with Gasteiger partial charge >= 0.3 is 0 Å². The number of alkyl halides is 1. The van der Waals surface area contributed by atoms with Crippen LogP contribution in [0, 0.1) is 5.92 Å². The van der Waals surface area contributed by atoms with Crippen LogP contribution >= 0.6 is 11.6 Å². The first-order valence-electron chi connectivity index (χ1n) is 5.34. The lowest BCUT2D eigenvalue weighted by molar-refractivity contribution is 0.459. The molecule has 1 unspecified atom stereocenters. The minimum absolute atomic E-state index is 0.0435. The molecular formula is C11H17ClN2O2S. The van der Waals surface area contributed by atoms with Crippen LogP contribution in [0.15, 0.2) is 24.5 Å². The molecule has 0 aromatic carbocycles. The molecule has 0 aliphatic carbocycles. The van der Waals surface area contributed by atoms with Crippen molar-refractivity contribution in [2.45, 2.75) is 13.5 Å². The lowest BCUT2D eigenvalue weighted by atomic mass is 10.3. The first kappa shape index (κ1) is 14.4. The molecule has 0 aliphatic rings. The van der Waals surface area contributed by atoms with E-state index < -0.39 is 10.0 Å². The van der Waals surface area contributed by atoms with Crippen LogP contribution in [0.3, 0.4) is 0 Å². The quantitative estimate of drug-likeness (QED) is 0.744. The molecule has 0 amide bonds. The molecule has 1 rings (SSSR count). The molecule has 0 N–H and O–H groups in total. The van der Waals surface area contributed by atoms with Gasteiger partial charge in [0.1, 0.15) is 0 Å². The topological polar surface area (TPSA) is 50.3 Å². The molecule has 6 heteroatoms. The van der Waals surface area contributed by atoms with Crippen molar-refractivity contribution in [3.8, 4) is 0 Å². The second-order valence-electron chi connectivity index (χ2n) is 4.16. The van der Waals surface area contributed by atoms with Crippen molar-refractivity contribution in [2.75, 3.05) is 18.7 Å². The summed E-state index contributed by atoms with van der Waals surface area (Å²) >= 11 is 5.63. The highest BCUT2D eigenvalue weighted by atomic mass is 35.5.